The molecule has 1 aliphatic rings. The van der Waals surface area contributed by atoms with Crippen LogP contribution in [0.15, 0.2) is 23.5 Å². The van der Waals surface area contributed by atoms with Crippen LogP contribution in [0.2, 0.25) is 0 Å². The van der Waals surface area contributed by atoms with Crippen LogP contribution < -0.4 is 10.6 Å². The number of nitrogens with zero attached hydrogens (tertiary/aromatic N) is 5. The molecule has 1 aromatic heterocycles. The Bertz CT molecular complexity index is 622. The van der Waals surface area contributed by atoms with Crippen LogP contribution in [-0.2, 0) is 9.63 Å². The summed E-state index contributed by atoms with van der Waals surface area (Å²) in [5.74, 6) is 0.711. The summed E-state index contributed by atoms with van der Waals surface area (Å²) in [6.45, 7) is 5.60. The van der Waals surface area contributed by atoms with E-state index < -0.39 is 0 Å². The number of nitrogens with two attached hydrogens (primary N) is 1. The Hall–Kier alpha value is -2.66. The number of amides is 1. The molecule has 2 atom stereocenters. The molecule has 1 amide bonds. The number of pyridine rings is 1. The van der Waals surface area contributed by atoms with E-state index in [-0.39, 0.29) is 24.6 Å². The minimum Gasteiger partial charge on any atom is -0.386 e. The second-order valence-corrected chi connectivity index (χ2v) is 5.79. The minimum atomic E-state index is -0.206. The molecule has 1 aromatic rings. The minimum absolute atomic E-state index is 0.0321. The molecule has 0 saturated carbocycles. The van der Waals surface area contributed by atoms with E-state index in [1.54, 1.807) is 24.1 Å². The third-order valence-electron chi connectivity index (χ3n) is 3.71. The monoisotopic (exact) mass is 330 g/mol. The van der Waals surface area contributed by atoms with Crippen molar-refractivity contribution in [3.63, 3.8) is 0 Å². The third-order valence-corrected chi connectivity index (χ3v) is 3.71. The van der Waals surface area contributed by atoms with Crippen LogP contribution in [0.5, 0.6) is 0 Å². The molecule has 2 N–H and O–H groups in total. The highest BCUT2D eigenvalue weighted by atomic mass is 16.6. The summed E-state index contributed by atoms with van der Waals surface area (Å²) >= 11 is 0. The summed E-state index contributed by atoms with van der Waals surface area (Å²) < 4.78 is 0. The van der Waals surface area contributed by atoms with Crippen molar-refractivity contribution in [1.29, 1.82) is 5.26 Å². The van der Waals surface area contributed by atoms with Gasteiger partial charge in [0.05, 0.1) is 11.8 Å². The van der Waals surface area contributed by atoms with Gasteiger partial charge in [0.2, 0.25) is 0 Å². The van der Waals surface area contributed by atoms with Crippen molar-refractivity contribution in [2.24, 2.45) is 10.9 Å². The molecule has 8 nitrogen and oxygen atoms in total. The van der Waals surface area contributed by atoms with Gasteiger partial charge in [-0.3, -0.25) is 4.79 Å². The van der Waals surface area contributed by atoms with E-state index in [0.29, 0.717) is 25.2 Å². The molecule has 1 aliphatic heterocycles. The fraction of sp³-hybridized carbons (Fsp3) is 0.500. The van der Waals surface area contributed by atoms with Crippen LogP contribution >= 0.6 is 0 Å². The predicted molar refractivity (Wildman–Crippen MR) is 90.4 cm³/mol. The van der Waals surface area contributed by atoms with Crippen molar-refractivity contribution in [2.45, 2.75) is 25.9 Å². The van der Waals surface area contributed by atoms with Gasteiger partial charge in [-0.2, -0.15) is 5.26 Å². The Morgan fingerprint density at radius 2 is 2.42 bits per heavy atom. The highest BCUT2D eigenvalue weighted by Gasteiger charge is 2.28. The second kappa shape index (κ2) is 8.26. The molecular weight excluding hydrogens is 308 g/mol. The van der Waals surface area contributed by atoms with Gasteiger partial charge in [0.1, 0.15) is 11.9 Å². The molecule has 1 fully saturated rings. The van der Waals surface area contributed by atoms with E-state index in [4.69, 9.17) is 15.8 Å². The van der Waals surface area contributed by atoms with Gasteiger partial charge in [-0.05, 0) is 26.0 Å². The van der Waals surface area contributed by atoms with Crippen molar-refractivity contribution in [3.8, 4) is 6.07 Å². The summed E-state index contributed by atoms with van der Waals surface area (Å²) in [4.78, 5) is 25.4. The van der Waals surface area contributed by atoms with Crippen molar-refractivity contribution < 1.29 is 9.63 Å². The van der Waals surface area contributed by atoms with Crippen LogP contribution in [0.3, 0.4) is 0 Å². The summed E-state index contributed by atoms with van der Waals surface area (Å²) in [5.41, 5.74) is 6.04. The Morgan fingerprint density at radius 1 is 1.62 bits per heavy atom. The lowest BCUT2D eigenvalue weighted by atomic mass is 10.2. The van der Waals surface area contributed by atoms with Crippen molar-refractivity contribution >= 4 is 17.9 Å². The number of nitriles is 1. The Kier molecular flexibility index (Phi) is 6.09. The number of rotatable bonds is 5. The average molecular weight is 330 g/mol. The van der Waals surface area contributed by atoms with Crippen LogP contribution in [0.1, 0.15) is 19.4 Å². The van der Waals surface area contributed by atoms with Crippen LogP contribution in [0, 0.1) is 11.3 Å². The molecule has 2 heterocycles. The van der Waals surface area contributed by atoms with E-state index in [2.05, 4.69) is 21.1 Å². The number of carbonyl (C=O) groups is 1. The molecule has 0 spiro atoms. The van der Waals surface area contributed by atoms with Crippen molar-refractivity contribution in [1.82, 2.24) is 9.88 Å². The first kappa shape index (κ1) is 17.7. The van der Waals surface area contributed by atoms with E-state index >= 15 is 0 Å². The molecule has 1 saturated heterocycles. The van der Waals surface area contributed by atoms with Gasteiger partial charge in [0.15, 0.2) is 6.61 Å². The molecular formula is C16H22N6O2. The number of oxime groups is 1. The zero-order valence-electron chi connectivity index (χ0n) is 13.9. The molecule has 2 unspecified atom stereocenters. The lowest BCUT2D eigenvalue weighted by Crippen LogP contribution is -2.55. The fourth-order valence-corrected chi connectivity index (χ4v) is 2.49. The molecule has 128 valence electrons. The second-order valence-electron chi connectivity index (χ2n) is 5.79. The zero-order valence-corrected chi connectivity index (χ0v) is 13.9. The average Bonchev–Trinajstić information content (AvgIpc) is 2.58. The van der Waals surface area contributed by atoms with E-state index in [1.807, 2.05) is 13.0 Å². The number of hydrogen-bond acceptors (Lipinski definition) is 7. The number of hydrogen-bond donors (Lipinski definition) is 1. The SMILES string of the molecule is CC(N)/C=N/OCC(=O)N1CCN(c2ccc(C#N)cn2)CC1C. The summed E-state index contributed by atoms with van der Waals surface area (Å²) in [7, 11) is 0. The highest BCUT2D eigenvalue weighted by Crippen LogP contribution is 2.17. The van der Waals surface area contributed by atoms with Crippen LogP contribution in [-0.4, -0.2) is 60.3 Å². The van der Waals surface area contributed by atoms with E-state index in [0.717, 1.165) is 5.82 Å². The smallest absolute Gasteiger partial charge is 0.263 e. The predicted octanol–water partition coefficient (Wildman–Crippen LogP) is 0.340. The standard InChI is InChI=1S/C16H22N6O2/c1-12(18)8-20-24-11-16(23)22-6-5-21(10-13(22)2)15-4-3-14(7-17)9-19-15/h3-4,8-9,12-13H,5-6,10-11,18H2,1-2H3/b20-8+. The van der Waals surface area contributed by atoms with Gasteiger partial charge in [-0.1, -0.05) is 5.16 Å². The van der Waals surface area contributed by atoms with Gasteiger partial charge in [0, 0.05) is 37.9 Å². The van der Waals surface area contributed by atoms with Gasteiger partial charge in [0.25, 0.3) is 5.91 Å². The maximum atomic E-state index is 12.2. The maximum absolute atomic E-state index is 12.2. The fourth-order valence-electron chi connectivity index (χ4n) is 2.49. The first-order valence-electron chi connectivity index (χ1n) is 7.83. The number of aromatic nitrogens is 1. The van der Waals surface area contributed by atoms with Gasteiger partial charge in [-0.15, -0.1) is 0 Å². The first-order chi connectivity index (χ1) is 11.5. The van der Waals surface area contributed by atoms with Crippen LogP contribution in [0.25, 0.3) is 0 Å². The number of carbonyl (C=O) groups excluding carboxylic acids is 1. The van der Waals surface area contributed by atoms with Crippen molar-refractivity contribution in [3.05, 3.63) is 23.9 Å². The Labute approximate surface area is 141 Å². The molecule has 0 radical (unpaired) electrons. The first-order valence-corrected chi connectivity index (χ1v) is 7.83. The van der Waals surface area contributed by atoms with E-state index in [9.17, 15) is 4.79 Å². The highest BCUT2D eigenvalue weighted by molar-refractivity contribution is 5.78. The van der Waals surface area contributed by atoms with Gasteiger partial charge >= 0.3 is 0 Å². The quantitative estimate of drug-likeness (QED) is 0.616. The lowest BCUT2D eigenvalue weighted by molar-refractivity contribution is -0.138. The summed E-state index contributed by atoms with van der Waals surface area (Å²) in [6.07, 6.45) is 3.01. The topological polar surface area (TPSA) is 108 Å². The van der Waals surface area contributed by atoms with Crippen molar-refractivity contribution in [2.75, 3.05) is 31.1 Å². The Balaban J connectivity index is 1.87. The lowest BCUT2D eigenvalue weighted by Gasteiger charge is -2.40. The molecule has 2 rings (SSSR count). The summed E-state index contributed by atoms with van der Waals surface area (Å²) in [6, 6.07) is 5.45. The zero-order chi connectivity index (χ0) is 17.5. The molecule has 8 heteroatoms. The van der Waals surface area contributed by atoms with Gasteiger partial charge in [-0.25, -0.2) is 4.98 Å². The maximum Gasteiger partial charge on any atom is 0.263 e. The molecule has 0 aromatic carbocycles. The number of anilines is 1. The molecule has 0 bridgehead atoms. The molecule has 0 aliphatic carbocycles. The van der Waals surface area contributed by atoms with Crippen LogP contribution in [0.4, 0.5) is 5.82 Å². The third kappa shape index (κ3) is 4.67. The Morgan fingerprint density at radius 3 is 3.00 bits per heavy atom. The normalized spacial score (nSPS) is 19.2. The summed E-state index contributed by atoms with van der Waals surface area (Å²) in [5, 5.41) is 12.5. The number of piperazine rings is 1. The molecule has 24 heavy (non-hydrogen) atoms. The van der Waals surface area contributed by atoms with E-state index in [1.165, 1.54) is 6.21 Å². The largest absolute Gasteiger partial charge is 0.386 e. The van der Waals surface area contributed by atoms with Gasteiger partial charge < -0.3 is 20.4 Å².